The Labute approximate surface area is 97.5 Å². The molecule has 0 heterocycles. The van der Waals surface area contributed by atoms with Gasteiger partial charge in [-0.15, -0.1) is 6.58 Å². The van der Waals surface area contributed by atoms with E-state index in [1.165, 1.54) is 24.3 Å². The fraction of sp³-hybridized carbons (Fsp3) is 0.0909. The van der Waals surface area contributed by atoms with Crippen LogP contribution in [-0.4, -0.2) is 17.0 Å². The summed E-state index contributed by atoms with van der Waals surface area (Å²) in [4.78, 5) is 22.0. The summed E-state index contributed by atoms with van der Waals surface area (Å²) >= 11 is 5.68. The van der Waals surface area contributed by atoms with Crippen molar-refractivity contribution in [3.63, 3.8) is 0 Å². The summed E-state index contributed by atoms with van der Waals surface area (Å²) in [5, 5.41) is 11.5. The monoisotopic (exact) mass is 239 g/mol. The van der Waals surface area contributed by atoms with Gasteiger partial charge in [0, 0.05) is 12.1 Å². The second-order valence-corrected chi connectivity index (χ2v) is 3.45. The lowest BCUT2D eigenvalue weighted by Crippen LogP contribution is -2.10. The number of hydrogen-bond donors (Lipinski definition) is 2. The van der Waals surface area contributed by atoms with Crippen LogP contribution in [0.25, 0.3) is 0 Å². The standard InChI is InChI=1S/C11H10ClNO3/c1-2-3-10(14)13-7-4-5-9(12)8(6-7)11(15)16/h2,4-6H,1,3H2,(H,13,14)(H,15,16). The average molecular weight is 240 g/mol. The van der Waals surface area contributed by atoms with Crippen LogP contribution in [-0.2, 0) is 4.79 Å². The molecule has 5 heteroatoms. The molecule has 1 aromatic carbocycles. The Morgan fingerprint density at radius 2 is 2.19 bits per heavy atom. The van der Waals surface area contributed by atoms with Gasteiger partial charge in [-0.2, -0.15) is 0 Å². The third-order valence-electron chi connectivity index (χ3n) is 1.81. The van der Waals surface area contributed by atoms with Crippen LogP contribution in [0.3, 0.4) is 0 Å². The second kappa shape index (κ2) is 5.32. The third kappa shape index (κ3) is 3.10. The molecular formula is C11H10ClNO3. The van der Waals surface area contributed by atoms with Gasteiger partial charge in [0.05, 0.1) is 10.6 Å². The summed E-state index contributed by atoms with van der Waals surface area (Å²) in [7, 11) is 0. The summed E-state index contributed by atoms with van der Waals surface area (Å²) in [6.07, 6.45) is 1.63. The number of rotatable bonds is 4. The fourth-order valence-corrected chi connectivity index (χ4v) is 1.31. The maximum Gasteiger partial charge on any atom is 0.337 e. The molecule has 0 bridgehead atoms. The Balaban J connectivity index is 2.90. The molecule has 0 aliphatic heterocycles. The van der Waals surface area contributed by atoms with E-state index in [0.29, 0.717) is 5.69 Å². The number of anilines is 1. The minimum Gasteiger partial charge on any atom is -0.478 e. The van der Waals surface area contributed by atoms with E-state index in [-0.39, 0.29) is 22.9 Å². The third-order valence-corrected chi connectivity index (χ3v) is 2.14. The number of carbonyl (C=O) groups is 2. The molecule has 84 valence electrons. The molecule has 2 N–H and O–H groups in total. The first-order valence-electron chi connectivity index (χ1n) is 4.48. The van der Waals surface area contributed by atoms with E-state index in [4.69, 9.17) is 16.7 Å². The second-order valence-electron chi connectivity index (χ2n) is 3.04. The van der Waals surface area contributed by atoms with Crippen molar-refractivity contribution in [3.05, 3.63) is 41.4 Å². The molecule has 0 radical (unpaired) electrons. The zero-order valence-electron chi connectivity index (χ0n) is 8.37. The first-order valence-corrected chi connectivity index (χ1v) is 4.86. The minimum atomic E-state index is -1.13. The largest absolute Gasteiger partial charge is 0.478 e. The van der Waals surface area contributed by atoms with Crippen molar-refractivity contribution in [2.75, 3.05) is 5.32 Å². The smallest absolute Gasteiger partial charge is 0.337 e. The lowest BCUT2D eigenvalue weighted by Gasteiger charge is -2.05. The van der Waals surface area contributed by atoms with Crippen LogP contribution in [0.4, 0.5) is 5.69 Å². The SMILES string of the molecule is C=CCC(=O)Nc1ccc(Cl)c(C(=O)O)c1. The van der Waals surface area contributed by atoms with Gasteiger partial charge in [0.15, 0.2) is 0 Å². The molecule has 0 saturated heterocycles. The fourth-order valence-electron chi connectivity index (χ4n) is 1.11. The van der Waals surface area contributed by atoms with Gasteiger partial charge >= 0.3 is 5.97 Å². The maximum atomic E-state index is 11.2. The molecule has 4 nitrogen and oxygen atoms in total. The molecule has 0 aliphatic rings. The first-order chi connectivity index (χ1) is 7.54. The van der Waals surface area contributed by atoms with E-state index in [9.17, 15) is 9.59 Å². The lowest BCUT2D eigenvalue weighted by atomic mass is 10.2. The van der Waals surface area contributed by atoms with Gasteiger partial charge in [-0.25, -0.2) is 4.79 Å². The molecule has 0 atom stereocenters. The number of carboxylic acid groups (broad SMARTS) is 1. The van der Waals surface area contributed by atoms with Crippen LogP contribution in [0.1, 0.15) is 16.8 Å². The average Bonchev–Trinajstić information content (AvgIpc) is 2.21. The first kappa shape index (κ1) is 12.3. The predicted molar refractivity (Wildman–Crippen MR) is 61.9 cm³/mol. The van der Waals surface area contributed by atoms with Gasteiger partial charge in [0.25, 0.3) is 0 Å². The Morgan fingerprint density at radius 1 is 1.50 bits per heavy atom. The molecule has 0 aliphatic carbocycles. The topological polar surface area (TPSA) is 66.4 Å². The summed E-state index contributed by atoms with van der Waals surface area (Å²) in [6, 6.07) is 4.27. The van der Waals surface area contributed by atoms with E-state index in [0.717, 1.165) is 0 Å². The van der Waals surface area contributed by atoms with Crippen molar-refractivity contribution in [2.24, 2.45) is 0 Å². The minimum absolute atomic E-state index is 0.0435. The molecule has 0 fully saturated rings. The molecular weight excluding hydrogens is 230 g/mol. The van der Waals surface area contributed by atoms with Gasteiger partial charge in [-0.3, -0.25) is 4.79 Å². The molecule has 1 aromatic rings. The van der Waals surface area contributed by atoms with E-state index in [1.54, 1.807) is 0 Å². The van der Waals surface area contributed by atoms with Crippen molar-refractivity contribution in [1.82, 2.24) is 0 Å². The molecule has 16 heavy (non-hydrogen) atoms. The van der Waals surface area contributed by atoms with Crippen molar-refractivity contribution < 1.29 is 14.7 Å². The van der Waals surface area contributed by atoms with Crippen LogP contribution >= 0.6 is 11.6 Å². The quantitative estimate of drug-likeness (QED) is 0.794. The predicted octanol–water partition coefficient (Wildman–Crippen LogP) is 2.55. The highest BCUT2D eigenvalue weighted by molar-refractivity contribution is 6.33. The number of aromatic carboxylic acids is 1. The summed E-state index contributed by atoms with van der Waals surface area (Å²) in [6.45, 7) is 3.43. The summed E-state index contributed by atoms with van der Waals surface area (Å²) in [5.74, 6) is -1.39. The van der Waals surface area contributed by atoms with Crippen molar-refractivity contribution in [2.45, 2.75) is 6.42 Å². The van der Waals surface area contributed by atoms with Crippen LogP contribution in [0, 0.1) is 0 Å². The maximum absolute atomic E-state index is 11.2. The van der Waals surface area contributed by atoms with Gasteiger partial charge in [-0.1, -0.05) is 17.7 Å². The Bertz CT molecular complexity index is 443. The molecule has 0 saturated carbocycles. The molecule has 0 spiro atoms. The molecule has 0 unspecified atom stereocenters. The number of carboxylic acids is 1. The number of nitrogens with one attached hydrogen (secondary N) is 1. The van der Waals surface area contributed by atoms with Gasteiger partial charge in [0.2, 0.25) is 5.91 Å². The molecule has 0 aromatic heterocycles. The zero-order valence-corrected chi connectivity index (χ0v) is 9.12. The van der Waals surface area contributed by atoms with E-state index >= 15 is 0 Å². The normalized spacial score (nSPS) is 9.56. The number of halogens is 1. The summed E-state index contributed by atoms with van der Waals surface area (Å²) < 4.78 is 0. The highest BCUT2D eigenvalue weighted by atomic mass is 35.5. The highest BCUT2D eigenvalue weighted by Gasteiger charge is 2.10. The van der Waals surface area contributed by atoms with Gasteiger partial charge < -0.3 is 10.4 Å². The van der Waals surface area contributed by atoms with Crippen LogP contribution in [0.2, 0.25) is 5.02 Å². The van der Waals surface area contributed by atoms with Crippen LogP contribution < -0.4 is 5.32 Å². The Morgan fingerprint density at radius 3 is 2.75 bits per heavy atom. The number of carbonyl (C=O) groups excluding carboxylic acids is 1. The number of hydrogen-bond acceptors (Lipinski definition) is 2. The molecule has 1 rings (SSSR count). The lowest BCUT2D eigenvalue weighted by molar-refractivity contribution is -0.115. The van der Waals surface area contributed by atoms with E-state index < -0.39 is 5.97 Å². The number of amides is 1. The van der Waals surface area contributed by atoms with Gasteiger partial charge in [-0.05, 0) is 18.2 Å². The van der Waals surface area contributed by atoms with E-state index in [1.807, 2.05) is 0 Å². The van der Waals surface area contributed by atoms with Crippen molar-refractivity contribution in [1.29, 1.82) is 0 Å². The Kier molecular flexibility index (Phi) is 4.08. The van der Waals surface area contributed by atoms with Crippen molar-refractivity contribution >= 4 is 29.2 Å². The zero-order chi connectivity index (χ0) is 12.1. The van der Waals surface area contributed by atoms with Crippen LogP contribution in [0.15, 0.2) is 30.9 Å². The van der Waals surface area contributed by atoms with Crippen molar-refractivity contribution in [3.8, 4) is 0 Å². The Hall–Kier alpha value is -1.81. The number of benzene rings is 1. The summed E-state index contributed by atoms with van der Waals surface area (Å²) in [5.41, 5.74) is 0.353. The van der Waals surface area contributed by atoms with Gasteiger partial charge in [0.1, 0.15) is 0 Å². The molecule has 1 amide bonds. The van der Waals surface area contributed by atoms with E-state index in [2.05, 4.69) is 11.9 Å². The highest BCUT2D eigenvalue weighted by Crippen LogP contribution is 2.20. The van der Waals surface area contributed by atoms with Crippen LogP contribution in [0.5, 0.6) is 0 Å².